The second-order valence-electron chi connectivity index (χ2n) is 8.48. The van der Waals surface area contributed by atoms with E-state index < -0.39 is 5.60 Å². The predicted octanol–water partition coefficient (Wildman–Crippen LogP) is 5.36. The van der Waals surface area contributed by atoms with Crippen LogP contribution in [0.1, 0.15) is 64.4 Å². The SMILES string of the molecule is CC(C)=CC(C)(O)Cc1ccc2ccccc2c1C(=O)N(C(C)C)C(C)C. The number of allylic oxidation sites excluding steroid dienone is 1. The maximum atomic E-state index is 13.6. The lowest BCUT2D eigenvalue weighted by Crippen LogP contribution is -2.42. The summed E-state index contributed by atoms with van der Waals surface area (Å²) in [6.07, 6.45) is 2.26. The van der Waals surface area contributed by atoms with Crippen LogP contribution in [-0.2, 0) is 6.42 Å². The molecule has 2 aromatic rings. The molecule has 0 fully saturated rings. The van der Waals surface area contributed by atoms with E-state index in [1.54, 1.807) is 6.92 Å². The first-order valence-electron chi connectivity index (χ1n) is 9.75. The van der Waals surface area contributed by atoms with Gasteiger partial charge in [0, 0.05) is 18.5 Å². The summed E-state index contributed by atoms with van der Waals surface area (Å²) in [5.41, 5.74) is 1.64. The summed E-state index contributed by atoms with van der Waals surface area (Å²) >= 11 is 0. The first-order valence-corrected chi connectivity index (χ1v) is 9.75. The zero-order chi connectivity index (χ0) is 20.4. The van der Waals surface area contributed by atoms with Crippen LogP contribution in [0.5, 0.6) is 0 Å². The van der Waals surface area contributed by atoms with Crippen LogP contribution in [0.3, 0.4) is 0 Å². The Bertz CT molecular complexity index is 835. The van der Waals surface area contributed by atoms with Gasteiger partial charge in [0.25, 0.3) is 5.91 Å². The van der Waals surface area contributed by atoms with Gasteiger partial charge in [0.15, 0.2) is 0 Å². The molecule has 0 aromatic heterocycles. The smallest absolute Gasteiger partial charge is 0.255 e. The number of hydrogen-bond donors (Lipinski definition) is 1. The lowest BCUT2D eigenvalue weighted by molar-refractivity contribution is 0.0642. The van der Waals surface area contributed by atoms with Crippen molar-refractivity contribution in [3.63, 3.8) is 0 Å². The molecule has 1 atom stereocenters. The lowest BCUT2D eigenvalue weighted by atomic mass is 9.88. The quantitative estimate of drug-likeness (QED) is 0.698. The Kier molecular flexibility index (Phi) is 6.48. The standard InChI is InChI=1S/C24H33NO2/c1-16(2)14-24(7,27)15-20-13-12-19-10-8-9-11-21(19)22(20)23(26)25(17(3)4)18(5)6/h8-14,17-18,27H,15H2,1-7H3. The van der Waals surface area contributed by atoms with Gasteiger partial charge in [-0.2, -0.15) is 0 Å². The first-order chi connectivity index (χ1) is 12.5. The van der Waals surface area contributed by atoms with Gasteiger partial charge in [0.1, 0.15) is 0 Å². The Balaban J connectivity index is 2.67. The van der Waals surface area contributed by atoms with Crippen LogP contribution in [0.4, 0.5) is 0 Å². The van der Waals surface area contributed by atoms with E-state index in [2.05, 4.69) is 0 Å². The molecule has 2 aromatic carbocycles. The van der Waals surface area contributed by atoms with Crippen molar-refractivity contribution in [3.8, 4) is 0 Å². The Labute approximate surface area is 163 Å². The van der Waals surface area contributed by atoms with E-state index >= 15 is 0 Å². The average molecular weight is 368 g/mol. The van der Waals surface area contributed by atoms with Crippen molar-refractivity contribution in [1.82, 2.24) is 4.90 Å². The second kappa shape index (κ2) is 8.26. The van der Waals surface area contributed by atoms with Crippen molar-refractivity contribution in [2.75, 3.05) is 0 Å². The number of fused-ring (bicyclic) bond motifs is 1. The molecule has 0 aliphatic carbocycles. The normalized spacial score (nSPS) is 13.7. The monoisotopic (exact) mass is 367 g/mol. The second-order valence-corrected chi connectivity index (χ2v) is 8.48. The third-order valence-electron chi connectivity index (χ3n) is 4.72. The van der Waals surface area contributed by atoms with Crippen molar-refractivity contribution in [2.24, 2.45) is 0 Å². The number of rotatable bonds is 6. The fraction of sp³-hybridized carbons (Fsp3) is 0.458. The van der Waals surface area contributed by atoms with Crippen LogP contribution >= 0.6 is 0 Å². The van der Waals surface area contributed by atoms with Gasteiger partial charge in [-0.3, -0.25) is 4.79 Å². The third-order valence-corrected chi connectivity index (χ3v) is 4.72. The van der Waals surface area contributed by atoms with Gasteiger partial charge in [-0.1, -0.05) is 48.0 Å². The number of carbonyl (C=O) groups is 1. The fourth-order valence-electron chi connectivity index (χ4n) is 3.97. The largest absolute Gasteiger partial charge is 0.386 e. The van der Waals surface area contributed by atoms with Crippen molar-refractivity contribution in [3.05, 3.63) is 59.2 Å². The molecule has 0 saturated carbocycles. The van der Waals surface area contributed by atoms with Crippen molar-refractivity contribution < 1.29 is 9.90 Å². The summed E-state index contributed by atoms with van der Waals surface area (Å²) in [5.74, 6) is 0.0276. The highest BCUT2D eigenvalue weighted by Crippen LogP contribution is 2.29. The third kappa shape index (κ3) is 4.98. The molecular formula is C24H33NO2. The van der Waals surface area contributed by atoms with Gasteiger partial charge in [-0.25, -0.2) is 0 Å². The summed E-state index contributed by atoms with van der Waals surface area (Å²) in [6, 6.07) is 12.2. The molecule has 146 valence electrons. The minimum Gasteiger partial charge on any atom is -0.386 e. The van der Waals surface area contributed by atoms with E-state index in [0.717, 1.165) is 21.9 Å². The number of benzene rings is 2. The molecule has 1 amide bonds. The van der Waals surface area contributed by atoms with E-state index in [1.807, 2.05) is 88.9 Å². The number of hydrogen-bond acceptors (Lipinski definition) is 2. The summed E-state index contributed by atoms with van der Waals surface area (Å²) < 4.78 is 0. The first kappa shape index (κ1) is 21.2. The number of nitrogens with zero attached hydrogens (tertiary/aromatic N) is 1. The van der Waals surface area contributed by atoms with Gasteiger partial charge in [0.2, 0.25) is 0 Å². The molecule has 1 N–H and O–H groups in total. The number of aliphatic hydroxyl groups is 1. The Hall–Kier alpha value is -2.13. The van der Waals surface area contributed by atoms with Crippen LogP contribution in [-0.4, -0.2) is 33.6 Å². The van der Waals surface area contributed by atoms with E-state index in [0.29, 0.717) is 12.0 Å². The number of carbonyl (C=O) groups excluding carboxylic acids is 1. The highest BCUT2D eigenvalue weighted by Gasteiger charge is 2.28. The van der Waals surface area contributed by atoms with Gasteiger partial charge in [-0.05, 0) is 64.8 Å². The van der Waals surface area contributed by atoms with Crippen LogP contribution in [0.2, 0.25) is 0 Å². The molecule has 0 spiro atoms. The molecule has 0 radical (unpaired) electrons. The molecule has 0 saturated heterocycles. The zero-order valence-corrected chi connectivity index (χ0v) is 17.7. The average Bonchev–Trinajstić information content (AvgIpc) is 2.52. The van der Waals surface area contributed by atoms with Crippen molar-refractivity contribution >= 4 is 16.7 Å². The van der Waals surface area contributed by atoms with E-state index in [9.17, 15) is 9.90 Å². The van der Waals surface area contributed by atoms with Crippen LogP contribution in [0, 0.1) is 0 Å². The Morgan fingerprint density at radius 1 is 1.07 bits per heavy atom. The Morgan fingerprint density at radius 3 is 2.22 bits per heavy atom. The van der Waals surface area contributed by atoms with Crippen molar-refractivity contribution in [1.29, 1.82) is 0 Å². The molecule has 3 nitrogen and oxygen atoms in total. The lowest BCUT2D eigenvalue weighted by Gasteiger charge is -2.32. The van der Waals surface area contributed by atoms with E-state index in [-0.39, 0.29) is 18.0 Å². The molecule has 0 bridgehead atoms. The molecule has 0 aliphatic rings. The molecule has 3 heteroatoms. The minimum absolute atomic E-state index is 0.0276. The molecule has 2 rings (SSSR count). The summed E-state index contributed by atoms with van der Waals surface area (Å²) in [6.45, 7) is 13.9. The molecular weight excluding hydrogens is 334 g/mol. The van der Waals surface area contributed by atoms with Crippen LogP contribution in [0.15, 0.2) is 48.0 Å². The highest BCUT2D eigenvalue weighted by atomic mass is 16.3. The van der Waals surface area contributed by atoms with Gasteiger partial charge in [0.05, 0.1) is 11.2 Å². The predicted molar refractivity (Wildman–Crippen MR) is 114 cm³/mol. The number of amides is 1. The van der Waals surface area contributed by atoms with E-state index in [4.69, 9.17) is 0 Å². The highest BCUT2D eigenvalue weighted by molar-refractivity contribution is 6.08. The van der Waals surface area contributed by atoms with Gasteiger partial charge in [-0.15, -0.1) is 0 Å². The van der Waals surface area contributed by atoms with Gasteiger partial charge >= 0.3 is 0 Å². The Morgan fingerprint density at radius 2 is 1.67 bits per heavy atom. The zero-order valence-electron chi connectivity index (χ0n) is 17.7. The summed E-state index contributed by atoms with van der Waals surface area (Å²) in [4.78, 5) is 15.5. The van der Waals surface area contributed by atoms with E-state index in [1.165, 1.54) is 0 Å². The molecule has 0 heterocycles. The van der Waals surface area contributed by atoms with Gasteiger partial charge < -0.3 is 10.0 Å². The topological polar surface area (TPSA) is 40.5 Å². The summed E-state index contributed by atoms with van der Waals surface area (Å²) in [5, 5.41) is 12.9. The minimum atomic E-state index is -1.00. The molecule has 27 heavy (non-hydrogen) atoms. The summed E-state index contributed by atoms with van der Waals surface area (Å²) in [7, 11) is 0. The maximum absolute atomic E-state index is 13.6. The van der Waals surface area contributed by atoms with Crippen LogP contribution in [0.25, 0.3) is 10.8 Å². The van der Waals surface area contributed by atoms with Crippen LogP contribution < -0.4 is 0 Å². The maximum Gasteiger partial charge on any atom is 0.255 e. The molecule has 0 aliphatic heterocycles. The fourth-order valence-corrected chi connectivity index (χ4v) is 3.97. The molecule has 1 unspecified atom stereocenters. The van der Waals surface area contributed by atoms with Crippen molar-refractivity contribution in [2.45, 2.75) is 72.6 Å².